The number of carbonyl (C=O) groups is 4. The molecule has 0 radical (unpaired) electrons. The first-order chi connectivity index (χ1) is 18.1. The van der Waals surface area contributed by atoms with Gasteiger partial charge in [-0.25, -0.2) is 4.90 Å². The normalized spacial score (nSPS) is 26.7. The number of anilines is 1. The van der Waals surface area contributed by atoms with Gasteiger partial charge < -0.3 is 5.11 Å². The van der Waals surface area contributed by atoms with Crippen molar-refractivity contribution in [2.75, 3.05) is 4.90 Å². The molecule has 6 nitrogen and oxygen atoms in total. The van der Waals surface area contributed by atoms with Crippen molar-refractivity contribution in [3.05, 3.63) is 92.6 Å². The smallest absolute Gasteiger partial charge is 0.238 e. The number of phenolic OH excluding ortho intramolecular Hbond substituents is 1. The summed E-state index contributed by atoms with van der Waals surface area (Å²) in [6.45, 7) is 5.26. The number of nitrogens with zero attached hydrogens (tertiary/aromatic N) is 1. The van der Waals surface area contributed by atoms with Crippen molar-refractivity contribution in [1.29, 1.82) is 0 Å². The van der Waals surface area contributed by atoms with Gasteiger partial charge in [0.2, 0.25) is 11.8 Å². The average molecular weight is 528 g/mol. The van der Waals surface area contributed by atoms with Gasteiger partial charge in [0.1, 0.15) is 5.75 Å². The number of benzene rings is 2. The topological polar surface area (TPSA) is 91.8 Å². The molecule has 0 saturated carbocycles. The number of aryl methyl sites for hydroxylation is 2. The SMILES string of the molecule is CC1=CC(=O)C2=C(CC3C(=CCC4C(=O)N(c5ccc(C)c(Cl)c5)C(=O)C43)C2c2ccc(O)c(C)c2)C1=O. The fraction of sp³-hybridized carbons (Fsp3) is 0.290. The molecule has 7 heteroatoms. The Kier molecular flexibility index (Phi) is 5.58. The Morgan fingerprint density at radius 2 is 1.68 bits per heavy atom. The lowest BCUT2D eigenvalue weighted by molar-refractivity contribution is -0.123. The van der Waals surface area contributed by atoms with E-state index in [2.05, 4.69) is 0 Å². The standard InChI is InChI=1S/C31H26ClNO5/c1-14-4-6-18(12-23(14)32)33-30(37)20-8-7-19-21(27(20)31(33)38)13-22-28(25(35)11-16(3)29(22)36)26(19)17-5-9-24(34)15(2)10-17/h4-7,9-12,20-21,26-27,34H,8,13H2,1-3H3. The van der Waals surface area contributed by atoms with Gasteiger partial charge in [0, 0.05) is 27.7 Å². The van der Waals surface area contributed by atoms with Crippen LogP contribution in [0.3, 0.4) is 0 Å². The molecule has 0 spiro atoms. The van der Waals surface area contributed by atoms with Crippen molar-refractivity contribution in [3.8, 4) is 5.75 Å². The maximum atomic E-state index is 13.9. The number of carbonyl (C=O) groups excluding carboxylic acids is 4. The second-order valence-corrected chi connectivity index (χ2v) is 11.1. The molecule has 2 aromatic carbocycles. The van der Waals surface area contributed by atoms with Gasteiger partial charge in [-0.1, -0.05) is 41.4 Å². The van der Waals surface area contributed by atoms with E-state index in [1.165, 1.54) is 11.0 Å². The number of allylic oxidation sites excluding steroid dienone is 6. The Balaban J connectivity index is 1.49. The molecule has 4 aliphatic rings. The van der Waals surface area contributed by atoms with Gasteiger partial charge in [0.15, 0.2) is 11.6 Å². The summed E-state index contributed by atoms with van der Waals surface area (Å²) in [6.07, 6.45) is 3.97. The van der Waals surface area contributed by atoms with Crippen LogP contribution < -0.4 is 4.90 Å². The molecule has 3 aliphatic carbocycles. The molecule has 2 amide bonds. The third-order valence-corrected chi connectivity index (χ3v) is 8.94. The van der Waals surface area contributed by atoms with Crippen LogP contribution in [0, 0.1) is 31.6 Å². The lowest BCUT2D eigenvalue weighted by atomic mass is 9.59. The number of amides is 2. The second kappa shape index (κ2) is 8.63. The first-order valence-electron chi connectivity index (χ1n) is 12.7. The molecule has 0 bridgehead atoms. The first kappa shape index (κ1) is 24.6. The minimum absolute atomic E-state index is 0.138. The lowest BCUT2D eigenvalue weighted by Crippen LogP contribution is -2.39. The summed E-state index contributed by atoms with van der Waals surface area (Å²) in [5, 5.41) is 10.6. The quantitative estimate of drug-likeness (QED) is 0.325. The minimum atomic E-state index is -0.647. The van der Waals surface area contributed by atoms with E-state index in [1.54, 1.807) is 44.2 Å². The Labute approximate surface area is 225 Å². The molecular formula is C31H26ClNO5. The highest BCUT2D eigenvalue weighted by Gasteiger charge is 2.56. The largest absolute Gasteiger partial charge is 0.508 e. The Hall–Kier alpha value is -3.77. The molecule has 1 fully saturated rings. The van der Waals surface area contributed by atoms with Crippen LogP contribution in [-0.4, -0.2) is 28.5 Å². The highest BCUT2D eigenvalue weighted by atomic mass is 35.5. The Morgan fingerprint density at radius 1 is 0.921 bits per heavy atom. The number of aromatic hydroxyl groups is 1. The molecule has 2 aromatic rings. The van der Waals surface area contributed by atoms with Crippen LogP contribution >= 0.6 is 11.6 Å². The summed E-state index contributed by atoms with van der Waals surface area (Å²) >= 11 is 6.32. The summed E-state index contributed by atoms with van der Waals surface area (Å²) in [7, 11) is 0. The van der Waals surface area contributed by atoms with E-state index < -0.39 is 23.7 Å². The monoisotopic (exact) mass is 527 g/mol. The van der Waals surface area contributed by atoms with Gasteiger partial charge in [0.05, 0.1) is 17.5 Å². The minimum Gasteiger partial charge on any atom is -0.508 e. The molecule has 6 rings (SSSR count). The fourth-order valence-electron chi connectivity index (χ4n) is 6.60. The molecule has 0 aromatic heterocycles. The van der Waals surface area contributed by atoms with Gasteiger partial charge in [-0.2, -0.15) is 0 Å². The van der Waals surface area contributed by atoms with Crippen LogP contribution in [0.2, 0.25) is 5.02 Å². The Morgan fingerprint density at radius 3 is 2.39 bits per heavy atom. The van der Waals surface area contributed by atoms with Gasteiger partial charge >= 0.3 is 0 Å². The molecule has 192 valence electrons. The summed E-state index contributed by atoms with van der Waals surface area (Å²) in [4.78, 5) is 55.4. The predicted octanol–water partition coefficient (Wildman–Crippen LogP) is 5.30. The number of halogens is 1. The zero-order valence-corrected chi connectivity index (χ0v) is 22.0. The van der Waals surface area contributed by atoms with E-state index in [4.69, 9.17) is 11.6 Å². The molecular weight excluding hydrogens is 502 g/mol. The maximum Gasteiger partial charge on any atom is 0.238 e. The van der Waals surface area contributed by atoms with Crippen LogP contribution in [0.1, 0.15) is 42.4 Å². The van der Waals surface area contributed by atoms with E-state index in [0.717, 1.165) is 16.7 Å². The number of hydrogen-bond acceptors (Lipinski definition) is 5. The number of fused-ring (bicyclic) bond motifs is 3. The fourth-order valence-corrected chi connectivity index (χ4v) is 6.77. The van der Waals surface area contributed by atoms with Crippen LogP contribution in [0.5, 0.6) is 5.75 Å². The van der Waals surface area contributed by atoms with Crippen molar-refractivity contribution in [3.63, 3.8) is 0 Å². The van der Waals surface area contributed by atoms with Gasteiger partial charge in [0.25, 0.3) is 0 Å². The molecule has 4 unspecified atom stereocenters. The number of hydrogen-bond donors (Lipinski definition) is 1. The van der Waals surface area contributed by atoms with Crippen molar-refractivity contribution in [2.45, 2.75) is 39.5 Å². The summed E-state index contributed by atoms with van der Waals surface area (Å²) in [5.74, 6) is -2.97. The molecule has 1 heterocycles. The van der Waals surface area contributed by atoms with Crippen molar-refractivity contribution < 1.29 is 24.3 Å². The molecule has 1 saturated heterocycles. The number of rotatable bonds is 2. The zero-order valence-electron chi connectivity index (χ0n) is 21.2. The summed E-state index contributed by atoms with van der Waals surface area (Å²) in [5.41, 5.74) is 4.82. The highest BCUT2D eigenvalue weighted by molar-refractivity contribution is 6.32. The van der Waals surface area contributed by atoms with Gasteiger partial charge in [-0.05, 0) is 80.5 Å². The number of phenols is 1. The predicted molar refractivity (Wildman–Crippen MR) is 143 cm³/mol. The van der Waals surface area contributed by atoms with Crippen molar-refractivity contribution in [1.82, 2.24) is 0 Å². The van der Waals surface area contributed by atoms with Gasteiger partial charge in [-0.3, -0.25) is 19.2 Å². The first-order valence-corrected chi connectivity index (χ1v) is 13.1. The highest BCUT2D eigenvalue weighted by Crippen LogP contribution is 2.55. The maximum absolute atomic E-state index is 13.9. The zero-order chi connectivity index (χ0) is 27.0. The van der Waals surface area contributed by atoms with Crippen molar-refractivity contribution >= 4 is 40.7 Å². The van der Waals surface area contributed by atoms with Crippen molar-refractivity contribution in [2.24, 2.45) is 17.8 Å². The third-order valence-electron chi connectivity index (χ3n) is 8.53. The third kappa shape index (κ3) is 3.47. The average Bonchev–Trinajstić information content (AvgIpc) is 3.14. The van der Waals surface area contributed by atoms with Crippen LogP contribution in [0.15, 0.2) is 70.8 Å². The summed E-state index contributed by atoms with van der Waals surface area (Å²) < 4.78 is 0. The van der Waals surface area contributed by atoms with E-state index in [0.29, 0.717) is 39.4 Å². The number of Topliss-reactive ketones (excluding diaryl/α,β-unsaturated/α-hetero) is 1. The van der Waals surface area contributed by atoms with E-state index in [9.17, 15) is 24.3 Å². The summed E-state index contributed by atoms with van der Waals surface area (Å²) in [6, 6.07) is 10.3. The van der Waals surface area contributed by atoms with E-state index in [-0.39, 0.29) is 35.6 Å². The Bertz CT molecular complexity index is 1580. The van der Waals surface area contributed by atoms with Crippen LogP contribution in [0.25, 0.3) is 0 Å². The molecule has 1 N–H and O–H groups in total. The number of ketones is 2. The molecule has 1 aliphatic heterocycles. The molecule has 4 atom stereocenters. The lowest BCUT2D eigenvalue weighted by Gasteiger charge is -2.42. The van der Waals surface area contributed by atoms with E-state index >= 15 is 0 Å². The van der Waals surface area contributed by atoms with Crippen LogP contribution in [0.4, 0.5) is 5.69 Å². The van der Waals surface area contributed by atoms with E-state index in [1.807, 2.05) is 19.1 Å². The number of imide groups is 1. The van der Waals surface area contributed by atoms with Crippen LogP contribution in [-0.2, 0) is 19.2 Å². The second-order valence-electron chi connectivity index (χ2n) is 10.7. The van der Waals surface area contributed by atoms with Gasteiger partial charge in [-0.15, -0.1) is 0 Å². The molecule has 38 heavy (non-hydrogen) atoms.